The van der Waals surface area contributed by atoms with Gasteiger partial charge < -0.3 is 38.9 Å². The zero-order chi connectivity index (χ0) is 63.4. The van der Waals surface area contributed by atoms with E-state index in [1.54, 1.807) is 60.7 Å². The van der Waals surface area contributed by atoms with Crippen molar-refractivity contribution in [3.63, 3.8) is 0 Å². The van der Waals surface area contributed by atoms with Crippen molar-refractivity contribution in [2.45, 2.75) is 96.6 Å². The van der Waals surface area contributed by atoms with Crippen LogP contribution in [0.1, 0.15) is 82.1 Å². The van der Waals surface area contributed by atoms with Crippen LogP contribution in [0.5, 0.6) is 0 Å². The molecule has 0 fully saturated rings. The van der Waals surface area contributed by atoms with Crippen LogP contribution in [0.3, 0.4) is 0 Å². The average molecular weight is 1430 g/mol. The number of nitrogens with zero attached hydrogens (tertiary/aromatic N) is 3. The Labute approximate surface area is 652 Å². The van der Waals surface area contributed by atoms with Gasteiger partial charge in [0.1, 0.15) is 26.8 Å². The maximum atomic E-state index is 13.2. The number of hydrogen-bond acceptors (Lipinski definition) is 24. The minimum Gasteiger partial charge on any atom is -0.748 e. The Morgan fingerprint density at radius 1 is 0.663 bits per heavy atom. The van der Waals surface area contributed by atoms with Crippen molar-refractivity contribution in [3.8, 4) is 0 Å². The van der Waals surface area contributed by atoms with E-state index in [-0.39, 0.29) is 244 Å². The molecule has 0 aliphatic carbocycles. The summed E-state index contributed by atoms with van der Waals surface area (Å²) in [5, 5.41) is 32.7. The minimum atomic E-state index is -5.16. The van der Waals surface area contributed by atoms with Gasteiger partial charge in [0.2, 0.25) is 11.6 Å². The van der Waals surface area contributed by atoms with Crippen LogP contribution >= 0.6 is 24.1 Å². The molecule has 3 heterocycles. The van der Waals surface area contributed by atoms with E-state index in [1.165, 1.54) is 18.2 Å². The first kappa shape index (κ1) is 85.0. The summed E-state index contributed by atoms with van der Waals surface area (Å²) in [7, 11) is -19.5. The first-order valence-corrected chi connectivity index (χ1v) is 34.0. The Hall–Kier alpha value is -1.24. The fourth-order valence-electron chi connectivity index (χ4n) is 11.2. The molecule has 0 bridgehead atoms. The fraction of sp³-hybridized carbons (Fsp3) is 0.321. The number of nitrogens with one attached hydrogen (secondary N) is 1. The number of allylic oxidation sites excluding steroid dienone is 6. The van der Waals surface area contributed by atoms with Crippen molar-refractivity contribution in [1.29, 1.82) is 0 Å². The van der Waals surface area contributed by atoms with Gasteiger partial charge in [0.15, 0.2) is 5.71 Å². The van der Waals surface area contributed by atoms with Crippen molar-refractivity contribution in [3.05, 3.63) is 137 Å². The van der Waals surface area contributed by atoms with Crippen molar-refractivity contribution >= 4 is 126 Å². The van der Waals surface area contributed by atoms with E-state index in [4.69, 9.17) is 0 Å². The number of imide groups is 1. The second kappa shape index (κ2) is 35.7. The van der Waals surface area contributed by atoms with Gasteiger partial charge in [-0.2, -0.15) is 13.2 Å². The summed E-state index contributed by atoms with van der Waals surface area (Å²) in [5.74, 6) is -2.70. The molecule has 3 aliphatic heterocycles. The van der Waals surface area contributed by atoms with Crippen LogP contribution in [-0.2, 0) is 90.9 Å². The molecule has 0 atom stereocenters. The van der Waals surface area contributed by atoms with Crippen molar-refractivity contribution < 1.29 is 248 Å². The van der Waals surface area contributed by atoms with Crippen LogP contribution in [0.2, 0.25) is 0 Å². The third kappa shape index (κ3) is 20.9. The van der Waals surface area contributed by atoms with Crippen LogP contribution in [-0.4, -0.2) is 122 Å². The molecule has 25 nitrogen and oxygen atoms in total. The van der Waals surface area contributed by atoms with Crippen LogP contribution in [0.4, 0.5) is 11.4 Å². The predicted molar refractivity (Wildman–Crippen MR) is 309 cm³/mol. The molecular formula is C56H55N4Na5O21S6. The largest absolute Gasteiger partial charge is 1.00 e. The van der Waals surface area contributed by atoms with Gasteiger partial charge in [-0.25, -0.2) is 33.7 Å². The monoisotopic (exact) mass is 1430 g/mol. The van der Waals surface area contributed by atoms with E-state index in [1.807, 2.05) is 43.2 Å². The summed E-state index contributed by atoms with van der Waals surface area (Å²) >= 11 is 0.741. The van der Waals surface area contributed by atoms with Gasteiger partial charge in [-0.15, -0.1) is 0 Å². The van der Waals surface area contributed by atoms with Gasteiger partial charge >= 0.3 is 148 Å². The number of carbonyl (C=O) groups excluding carboxylic acids is 3. The summed E-state index contributed by atoms with van der Waals surface area (Å²) in [6, 6.07) is 18.4. The first-order chi connectivity index (χ1) is 40.8. The van der Waals surface area contributed by atoms with Crippen molar-refractivity contribution in [2.75, 3.05) is 42.6 Å². The predicted octanol–water partition coefficient (Wildman–Crippen LogP) is -10.4. The summed E-state index contributed by atoms with van der Waals surface area (Å²) in [5.41, 5.74) is 2.71. The maximum Gasteiger partial charge on any atom is 1.00 e. The number of fused-ring (bicyclic) bond motifs is 6. The topological polar surface area (TPSA) is 385 Å². The van der Waals surface area contributed by atoms with Gasteiger partial charge in [0, 0.05) is 100 Å². The van der Waals surface area contributed by atoms with E-state index < -0.39 is 84.4 Å². The molecule has 1 N–H and O–H groups in total. The smallest absolute Gasteiger partial charge is 0.748 e. The Morgan fingerprint density at radius 3 is 1.90 bits per heavy atom. The molecule has 0 radical (unpaired) electrons. The SMILES string of the molecule is CC1(C)C(/C=C/C(=C/C=C2/N(CCCCS(=O)(=O)[O-])c3ccc4c(S(=O)(=O)[O-])cc(SOO[O-])cc4c3C2(C)C)c2cccc(CCC(=O)NCCN3C(=O)C=CC3=O)c2)=[N+](CCCCS(=O)(=O)[O-])c2ccc3c(SOO[O-])cc(S(=O)(=O)[O-])cc3c21.[Na+].[Na+].[Na+].[Na+].[Na+]. The first-order valence-electron chi connectivity index (χ1n) is 26.5. The minimum absolute atomic E-state index is 0. The number of hydrogen-bond donors (Lipinski definition) is 1. The molecule has 0 spiro atoms. The van der Waals surface area contributed by atoms with Crippen molar-refractivity contribution in [2.24, 2.45) is 0 Å². The maximum absolute atomic E-state index is 13.2. The molecule has 466 valence electrons. The van der Waals surface area contributed by atoms with E-state index in [9.17, 15) is 76.8 Å². The summed E-state index contributed by atoms with van der Waals surface area (Å²) in [6.07, 6.45) is 9.83. The molecule has 5 aromatic carbocycles. The number of benzene rings is 5. The van der Waals surface area contributed by atoms with Crippen LogP contribution in [0, 0.1) is 0 Å². The average Bonchev–Trinajstić information content (AvgIpc) is 1.54. The number of amides is 3. The molecule has 36 heteroatoms. The fourth-order valence-corrected chi connectivity index (χ4v) is 14.7. The Kier molecular flexibility index (Phi) is 33.0. The van der Waals surface area contributed by atoms with E-state index in [2.05, 4.69) is 24.1 Å². The molecular weight excluding hydrogens is 1370 g/mol. The Balaban J connectivity index is 0.00000442. The number of aryl methyl sites for hydroxylation is 1. The van der Waals surface area contributed by atoms with Crippen LogP contribution in [0.15, 0.2) is 135 Å². The van der Waals surface area contributed by atoms with E-state index >= 15 is 0 Å². The second-order valence-electron chi connectivity index (χ2n) is 21.4. The standard InChI is InChI=1S/C56H60N4O21S6.5Na/c1-55(2)48(59(26-6-8-29-85(69,70)71)45-18-16-41-42(53(45)55)31-38(82-80-78-64)32-47(41)87(75,76)77)19-13-36(37-11-9-10-35(30-37)12-21-50(61)57-24-27-60-51(62)22-23-52(60)63)14-20-49-56(3,4)54-43-33-39(86(72,73)74)34-46(83-81-79-65)40(43)15-17-44(54)58(49)25-5-7-28-84(66,67)68;;;;;/h9-11,13-20,22-23,30-34H,5-8,12,21,24-29H2,1-4H3,(H6-,57,61,64,65,66,67,68,69,70,71,72,73,74,75,76,77);;;;;/q;5*+1/p-5. The third-order valence-corrected chi connectivity index (χ3v) is 19.5. The summed E-state index contributed by atoms with van der Waals surface area (Å²) < 4.78 is 158. The molecule has 92 heavy (non-hydrogen) atoms. The van der Waals surface area contributed by atoms with Crippen LogP contribution < -0.4 is 169 Å². The van der Waals surface area contributed by atoms with Gasteiger partial charge in [0.05, 0.1) is 59.5 Å². The molecule has 3 aliphatic rings. The second-order valence-corrected chi connectivity index (χ2v) is 28.7. The molecule has 3 amide bonds. The number of anilines is 1. The van der Waals surface area contributed by atoms with Gasteiger partial charge in [0.25, 0.3) is 11.8 Å². The van der Waals surface area contributed by atoms with E-state index in [0.29, 0.717) is 80.1 Å². The quantitative estimate of drug-likeness (QED) is 0.00559. The Bertz CT molecular complexity index is 4230. The number of unbranched alkanes of at least 4 members (excludes halogenated alkanes) is 2. The zero-order valence-electron chi connectivity index (χ0n) is 51.7. The summed E-state index contributed by atoms with van der Waals surface area (Å²) in [4.78, 5) is 39.0. The Morgan fingerprint density at radius 2 is 1.28 bits per heavy atom. The zero-order valence-corrected chi connectivity index (χ0v) is 66.6. The molecule has 0 aromatic heterocycles. The number of carbonyl (C=O) groups is 3. The molecule has 0 unspecified atom stereocenters. The van der Waals surface area contributed by atoms with E-state index in [0.717, 1.165) is 29.2 Å². The van der Waals surface area contributed by atoms with Crippen molar-refractivity contribution in [1.82, 2.24) is 10.2 Å². The van der Waals surface area contributed by atoms with Gasteiger partial charge in [-0.05, 0) is 132 Å². The van der Waals surface area contributed by atoms with Gasteiger partial charge in [-0.3, -0.25) is 29.4 Å². The normalized spacial score (nSPS) is 15.7. The van der Waals surface area contributed by atoms with Gasteiger partial charge in [-0.1, -0.05) is 50.3 Å². The number of rotatable bonds is 28. The summed E-state index contributed by atoms with van der Waals surface area (Å²) in [6.45, 7) is 7.51. The molecule has 0 saturated carbocycles. The molecule has 5 aromatic rings. The van der Waals surface area contributed by atoms with Crippen LogP contribution in [0.25, 0.3) is 27.1 Å². The molecule has 8 rings (SSSR count). The molecule has 0 saturated heterocycles. The third-order valence-electron chi connectivity index (χ3n) is 15.0.